The number of carbonyl (C=O) groups excluding carboxylic acids is 1. The number of rotatable bonds is 14. The highest BCUT2D eigenvalue weighted by molar-refractivity contribution is 5.83. The monoisotopic (exact) mass is 299 g/mol. The molecule has 0 aliphatic carbocycles. The molecule has 0 aromatic carbocycles. The average Bonchev–Trinajstić information content (AvgIpc) is 2.45. The van der Waals surface area contributed by atoms with Gasteiger partial charge in [0.2, 0.25) is 5.91 Å². The first-order chi connectivity index (χ1) is 10.1. The third-order valence-corrected chi connectivity index (χ3v) is 3.72. The first-order valence-electron chi connectivity index (χ1n) is 8.64. The molecule has 2 N–H and O–H groups in total. The molecule has 1 amide bonds. The summed E-state index contributed by atoms with van der Waals surface area (Å²) in [5.41, 5.74) is 0. The van der Waals surface area contributed by atoms with Crippen LogP contribution in [0.3, 0.4) is 0 Å². The minimum atomic E-state index is -0.933. The van der Waals surface area contributed by atoms with Crippen molar-refractivity contribution in [3.8, 4) is 0 Å². The molecule has 0 unspecified atom stereocenters. The molecular formula is C17H33NO3. The zero-order chi connectivity index (χ0) is 15.9. The van der Waals surface area contributed by atoms with Gasteiger partial charge in [0.05, 0.1) is 0 Å². The van der Waals surface area contributed by atoms with Crippen molar-refractivity contribution in [1.82, 2.24) is 5.32 Å². The van der Waals surface area contributed by atoms with E-state index in [1.54, 1.807) is 0 Å². The van der Waals surface area contributed by atoms with Crippen molar-refractivity contribution in [3.05, 3.63) is 0 Å². The van der Waals surface area contributed by atoms with Crippen LogP contribution in [0.4, 0.5) is 0 Å². The van der Waals surface area contributed by atoms with Gasteiger partial charge in [-0.15, -0.1) is 0 Å². The van der Waals surface area contributed by atoms with Crippen LogP contribution >= 0.6 is 0 Å². The highest BCUT2D eigenvalue weighted by atomic mass is 16.4. The van der Waals surface area contributed by atoms with Crippen LogP contribution in [0.15, 0.2) is 0 Å². The van der Waals surface area contributed by atoms with Crippen molar-refractivity contribution in [1.29, 1.82) is 0 Å². The van der Waals surface area contributed by atoms with Crippen molar-refractivity contribution in [2.45, 2.75) is 96.9 Å². The number of hydrogen-bond donors (Lipinski definition) is 2. The molecule has 0 aromatic rings. The van der Waals surface area contributed by atoms with Gasteiger partial charge in [0.1, 0.15) is 6.04 Å². The molecule has 124 valence electrons. The lowest BCUT2D eigenvalue weighted by Crippen LogP contribution is -2.40. The molecule has 0 radical (unpaired) electrons. The van der Waals surface area contributed by atoms with Crippen LogP contribution < -0.4 is 5.32 Å². The maximum Gasteiger partial charge on any atom is 0.326 e. The second-order valence-electron chi connectivity index (χ2n) is 5.83. The highest BCUT2D eigenvalue weighted by Gasteiger charge is 2.18. The molecule has 0 rings (SSSR count). The van der Waals surface area contributed by atoms with Gasteiger partial charge in [0.25, 0.3) is 0 Å². The van der Waals surface area contributed by atoms with E-state index < -0.39 is 12.0 Å². The van der Waals surface area contributed by atoms with E-state index in [1.165, 1.54) is 44.9 Å². The number of aliphatic carboxylic acids is 1. The fourth-order valence-electron chi connectivity index (χ4n) is 2.41. The van der Waals surface area contributed by atoms with Crippen LogP contribution in [-0.4, -0.2) is 23.0 Å². The summed E-state index contributed by atoms with van der Waals surface area (Å²) < 4.78 is 0. The highest BCUT2D eigenvalue weighted by Crippen LogP contribution is 2.10. The zero-order valence-corrected chi connectivity index (χ0v) is 13.8. The van der Waals surface area contributed by atoms with Crippen molar-refractivity contribution < 1.29 is 14.7 Å². The van der Waals surface area contributed by atoms with Crippen LogP contribution in [0.1, 0.15) is 90.9 Å². The van der Waals surface area contributed by atoms with Gasteiger partial charge in [-0.3, -0.25) is 4.79 Å². The molecular weight excluding hydrogens is 266 g/mol. The SMILES string of the molecule is CCCCCCCCCCCC(=O)N[C@H](CCC)C(=O)O. The van der Waals surface area contributed by atoms with Gasteiger partial charge in [-0.2, -0.15) is 0 Å². The molecule has 0 aliphatic rings. The summed E-state index contributed by atoms with van der Waals surface area (Å²) in [5.74, 6) is -1.06. The molecule has 1 atom stereocenters. The number of hydrogen-bond acceptors (Lipinski definition) is 2. The van der Waals surface area contributed by atoms with Gasteiger partial charge in [-0.25, -0.2) is 4.79 Å². The Morgan fingerprint density at radius 3 is 1.86 bits per heavy atom. The van der Waals surface area contributed by atoms with E-state index in [2.05, 4.69) is 12.2 Å². The minimum Gasteiger partial charge on any atom is -0.480 e. The predicted molar refractivity (Wildman–Crippen MR) is 86.3 cm³/mol. The van der Waals surface area contributed by atoms with E-state index >= 15 is 0 Å². The molecule has 4 nitrogen and oxygen atoms in total. The zero-order valence-electron chi connectivity index (χ0n) is 13.8. The standard InChI is InChI=1S/C17H33NO3/c1-3-5-6-7-8-9-10-11-12-14-16(19)18-15(13-4-2)17(20)21/h15H,3-14H2,1-2H3,(H,18,19)(H,20,21)/t15-/m1/s1. The molecule has 0 bridgehead atoms. The van der Waals surface area contributed by atoms with E-state index in [1.807, 2.05) is 6.92 Å². The quantitative estimate of drug-likeness (QED) is 0.470. The van der Waals surface area contributed by atoms with E-state index in [9.17, 15) is 9.59 Å². The number of amides is 1. The average molecular weight is 299 g/mol. The lowest BCUT2D eigenvalue weighted by molar-refractivity contribution is -0.142. The van der Waals surface area contributed by atoms with Crippen LogP contribution in [0, 0.1) is 0 Å². The normalized spacial score (nSPS) is 12.1. The van der Waals surface area contributed by atoms with Crippen LogP contribution in [0.25, 0.3) is 0 Å². The molecule has 0 fully saturated rings. The minimum absolute atomic E-state index is 0.126. The summed E-state index contributed by atoms with van der Waals surface area (Å²) in [6.07, 6.45) is 12.6. The number of unbranched alkanes of at least 4 members (excludes halogenated alkanes) is 8. The first-order valence-corrected chi connectivity index (χ1v) is 8.64. The Balaban J connectivity index is 3.50. The Morgan fingerprint density at radius 1 is 0.857 bits per heavy atom. The van der Waals surface area contributed by atoms with Crippen LogP contribution in [-0.2, 0) is 9.59 Å². The lowest BCUT2D eigenvalue weighted by atomic mass is 10.1. The predicted octanol–water partition coefficient (Wildman–Crippen LogP) is 4.28. The summed E-state index contributed by atoms with van der Waals surface area (Å²) in [6.45, 7) is 4.14. The molecule has 0 aliphatic heterocycles. The third kappa shape index (κ3) is 12.4. The Kier molecular flexibility index (Phi) is 13.2. The first kappa shape index (κ1) is 19.9. The van der Waals surface area contributed by atoms with E-state index in [-0.39, 0.29) is 5.91 Å². The van der Waals surface area contributed by atoms with Gasteiger partial charge in [0, 0.05) is 6.42 Å². The van der Waals surface area contributed by atoms with Crippen molar-refractivity contribution in [2.75, 3.05) is 0 Å². The Bertz CT molecular complexity index is 279. The van der Waals surface area contributed by atoms with E-state index in [0.717, 1.165) is 19.3 Å². The summed E-state index contributed by atoms with van der Waals surface area (Å²) in [4.78, 5) is 22.6. The topological polar surface area (TPSA) is 66.4 Å². The summed E-state index contributed by atoms with van der Waals surface area (Å²) in [5, 5.41) is 11.6. The molecule has 21 heavy (non-hydrogen) atoms. The second-order valence-corrected chi connectivity index (χ2v) is 5.83. The summed E-state index contributed by atoms with van der Waals surface area (Å²) in [7, 11) is 0. The van der Waals surface area contributed by atoms with Gasteiger partial charge in [0.15, 0.2) is 0 Å². The Hall–Kier alpha value is -1.06. The third-order valence-electron chi connectivity index (χ3n) is 3.72. The molecule has 0 aromatic heterocycles. The Labute approximate surface area is 129 Å². The summed E-state index contributed by atoms with van der Waals surface area (Å²) in [6, 6.07) is -0.721. The second kappa shape index (κ2) is 13.9. The number of nitrogens with one attached hydrogen (secondary N) is 1. The van der Waals surface area contributed by atoms with Gasteiger partial charge >= 0.3 is 5.97 Å². The molecule has 0 saturated carbocycles. The van der Waals surface area contributed by atoms with Gasteiger partial charge in [-0.1, -0.05) is 71.6 Å². The van der Waals surface area contributed by atoms with E-state index in [0.29, 0.717) is 12.8 Å². The van der Waals surface area contributed by atoms with Crippen LogP contribution in [0.2, 0.25) is 0 Å². The fraction of sp³-hybridized carbons (Fsp3) is 0.882. The van der Waals surface area contributed by atoms with Crippen molar-refractivity contribution in [3.63, 3.8) is 0 Å². The number of carboxylic acid groups (broad SMARTS) is 1. The van der Waals surface area contributed by atoms with Crippen molar-refractivity contribution in [2.24, 2.45) is 0 Å². The molecule has 0 heterocycles. The fourth-order valence-corrected chi connectivity index (χ4v) is 2.41. The smallest absolute Gasteiger partial charge is 0.326 e. The maximum absolute atomic E-state index is 11.7. The number of carboxylic acids is 1. The van der Waals surface area contributed by atoms with Gasteiger partial charge < -0.3 is 10.4 Å². The molecule has 4 heteroatoms. The van der Waals surface area contributed by atoms with Crippen LogP contribution in [0.5, 0.6) is 0 Å². The molecule has 0 spiro atoms. The summed E-state index contributed by atoms with van der Waals surface area (Å²) >= 11 is 0. The van der Waals surface area contributed by atoms with Crippen molar-refractivity contribution >= 4 is 11.9 Å². The van der Waals surface area contributed by atoms with Gasteiger partial charge in [-0.05, 0) is 12.8 Å². The largest absolute Gasteiger partial charge is 0.480 e. The molecule has 0 saturated heterocycles. The number of carbonyl (C=O) groups is 2. The van der Waals surface area contributed by atoms with E-state index in [4.69, 9.17) is 5.11 Å². The maximum atomic E-state index is 11.7. The lowest BCUT2D eigenvalue weighted by Gasteiger charge is -2.13. The Morgan fingerprint density at radius 2 is 1.38 bits per heavy atom.